The van der Waals surface area contributed by atoms with E-state index in [1.165, 1.54) is 12.8 Å². The van der Waals surface area contributed by atoms with Crippen LogP contribution in [0.4, 0.5) is 0 Å². The molecule has 0 amide bonds. The summed E-state index contributed by atoms with van der Waals surface area (Å²) in [6, 6.07) is 10.1. The van der Waals surface area contributed by atoms with Gasteiger partial charge in [-0.3, -0.25) is 4.90 Å². The molecule has 4 nitrogen and oxygen atoms in total. The van der Waals surface area contributed by atoms with Crippen LogP contribution in [-0.4, -0.2) is 34.4 Å². The molecule has 5 heteroatoms. The quantitative estimate of drug-likeness (QED) is 0.889. The molecule has 1 saturated carbocycles. The lowest BCUT2D eigenvalue weighted by molar-refractivity contribution is 0.169. The fourth-order valence-electron chi connectivity index (χ4n) is 2.30. The maximum absolute atomic E-state index is 9.10. The Hall–Kier alpha value is -1.36. The van der Waals surface area contributed by atoms with Crippen molar-refractivity contribution in [2.45, 2.75) is 25.4 Å². The third-order valence-electron chi connectivity index (χ3n) is 3.51. The second kappa shape index (κ2) is 5.95. The largest absolute Gasteiger partial charge is 0.395 e. The number of rotatable bonds is 6. The van der Waals surface area contributed by atoms with Gasteiger partial charge in [0.2, 0.25) is 0 Å². The molecule has 1 heterocycles. The zero-order chi connectivity index (χ0) is 13.9. The van der Waals surface area contributed by atoms with Crippen molar-refractivity contribution in [2.75, 3.05) is 13.2 Å². The molecular weight excluding hydrogens is 276 g/mol. The molecule has 1 aromatic heterocycles. The van der Waals surface area contributed by atoms with E-state index in [4.69, 9.17) is 21.2 Å². The SMILES string of the molecule is OCCN(Cc1cc(-c2ccc(Cl)cc2)no1)C1CC1. The molecule has 1 N–H and O–H groups in total. The van der Waals surface area contributed by atoms with Crippen molar-refractivity contribution in [3.63, 3.8) is 0 Å². The van der Waals surface area contributed by atoms with Crippen LogP contribution in [0.5, 0.6) is 0 Å². The van der Waals surface area contributed by atoms with Gasteiger partial charge in [0.25, 0.3) is 0 Å². The van der Waals surface area contributed by atoms with Gasteiger partial charge in [-0.05, 0) is 25.0 Å². The van der Waals surface area contributed by atoms with Crippen molar-refractivity contribution >= 4 is 11.6 Å². The molecular formula is C15H17ClN2O2. The first-order valence-electron chi connectivity index (χ1n) is 6.82. The molecule has 2 aromatic rings. The summed E-state index contributed by atoms with van der Waals surface area (Å²) in [4.78, 5) is 2.24. The van der Waals surface area contributed by atoms with Crippen LogP contribution in [0.15, 0.2) is 34.9 Å². The lowest BCUT2D eigenvalue weighted by atomic mass is 10.1. The van der Waals surface area contributed by atoms with Gasteiger partial charge in [-0.15, -0.1) is 0 Å². The van der Waals surface area contributed by atoms with Crippen LogP contribution in [0.2, 0.25) is 5.02 Å². The van der Waals surface area contributed by atoms with Crippen molar-refractivity contribution in [3.8, 4) is 11.3 Å². The minimum absolute atomic E-state index is 0.175. The number of halogens is 1. The summed E-state index contributed by atoms with van der Waals surface area (Å²) in [5, 5.41) is 13.9. The first-order chi connectivity index (χ1) is 9.76. The van der Waals surface area contributed by atoms with Gasteiger partial charge in [0.05, 0.1) is 13.2 Å². The normalized spacial score (nSPS) is 14.9. The van der Waals surface area contributed by atoms with Crippen molar-refractivity contribution in [1.29, 1.82) is 0 Å². The lowest BCUT2D eigenvalue weighted by Gasteiger charge is -2.18. The molecule has 0 spiro atoms. The molecule has 1 aliphatic rings. The highest BCUT2D eigenvalue weighted by atomic mass is 35.5. The van der Waals surface area contributed by atoms with E-state index < -0.39 is 0 Å². The lowest BCUT2D eigenvalue weighted by Crippen LogP contribution is -2.28. The smallest absolute Gasteiger partial charge is 0.151 e. The molecule has 106 valence electrons. The van der Waals surface area contributed by atoms with Crippen molar-refractivity contribution < 1.29 is 9.63 Å². The van der Waals surface area contributed by atoms with Gasteiger partial charge in [-0.2, -0.15) is 0 Å². The number of hydrogen-bond donors (Lipinski definition) is 1. The van der Waals surface area contributed by atoms with Crippen molar-refractivity contribution in [2.24, 2.45) is 0 Å². The average molecular weight is 293 g/mol. The Morgan fingerprint density at radius 3 is 2.70 bits per heavy atom. The van der Waals surface area contributed by atoms with Crippen LogP contribution >= 0.6 is 11.6 Å². The maximum atomic E-state index is 9.10. The summed E-state index contributed by atoms with van der Waals surface area (Å²) in [5.41, 5.74) is 1.81. The minimum atomic E-state index is 0.175. The van der Waals surface area contributed by atoms with Crippen LogP contribution in [0.3, 0.4) is 0 Å². The van der Waals surface area contributed by atoms with E-state index in [0.29, 0.717) is 24.2 Å². The monoisotopic (exact) mass is 292 g/mol. The van der Waals surface area contributed by atoms with Gasteiger partial charge in [-0.1, -0.05) is 28.9 Å². The standard InChI is InChI=1S/C15H17ClN2O2/c16-12-3-1-11(2-4-12)15-9-14(20-17-15)10-18(7-8-19)13-5-6-13/h1-4,9,13,19H,5-8,10H2. The third-order valence-corrected chi connectivity index (χ3v) is 3.76. The van der Waals surface area contributed by atoms with E-state index in [1.807, 2.05) is 30.3 Å². The summed E-state index contributed by atoms with van der Waals surface area (Å²) in [7, 11) is 0. The molecule has 1 aromatic carbocycles. The van der Waals surface area contributed by atoms with Gasteiger partial charge in [-0.25, -0.2) is 0 Å². The minimum Gasteiger partial charge on any atom is -0.395 e. The molecule has 0 atom stereocenters. The summed E-state index contributed by atoms with van der Waals surface area (Å²) in [6.07, 6.45) is 2.41. The first kappa shape index (κ1) is 13.6. The molecule has 0 aliphatic heterocycles. The Bertz CT molecular complexity index is 564. The number of aliphatic hydroxyl groups is 1. The highest BCUT2D eigenvalue weighted by Gasteiger charge is 2.29. The Morgan fingerprint density at radius 1 is 1.30 bits per heavy atom. The molecule has 0 saturated heterocycles. The number of hydrogen-bond acceptors (Lipinski definition) is 4. The van der Waals surface area contributed by atoms with E-state index in [2.05, 4.69) is 10.1 Å². The molecule has 3 rings (SSSR count). The third kappa shape index (κ3) is 3.20. The summed E-state index contributed by atoms with van der Waals surface area (Å²) in [5.74, 6) is 0.829. The van der Waals surface area contributed by atoms with Gasteiger partial charge >= 0.3 is 0 Å². The van der Waals surface area contributed by atoms with Crippen molar-refractivity contribution in [1.82, 2.24) is 10.1 Å². The highest BCUT2D eigenvalue weighted by Crippen LogP contribution is 2.29. The van der Waals surface area contributed by atoms with E-state index >= 15 is 0 Å². The molecule has 0 radical (unpaired) electrons. The zero-order valence-electron chi connectivity index (χ0n) is 11.1. The van der Waals surface area contributed by atoms with Gasteiger partial charge < -0.3 is 9.63 Å². The Morgan fingerprint density at radius 2 is 2.05 bits per heavy atom. The Kier molecular flexibility index (Phi) is 4.05. The molecule has 20 heavy (non-hydrogen) atoms. The second-order valence-electron chi connectivity index (χ2n) is 5.11. The summed E-state index contributed by atoms with van der Waals surface area (Å²) < 4.78 is 5.40. The maximum Gasteiger partial charge on any atom is 0.151 e. The van der Waals surface area contributed by atoms with Crippen molar-refractivity contribution in [3.05, 3.63) is 41.1 Å². The second-order valence-corrected chi connectivity index (χ2v) is 5.55. The fourth-order valence-corrected chi connectivity index (χ4v) is 2.43. The van der Waals surface area contributed by atoms with Gasteiger partial charge in [0, 0.05) is 29.2 Å². The molecule has 1 fully saturated rings. The van der Waals surface area contributed by atoms with Crippen LogP contribution in [0, 0.1) is 0 Å². The predicted molar refractivity (Wildman–Crippen MR) is 77.5 cm³/mol. The van der Waals surface area contributed by atoms with E-state index in [-0.39, 0.29) is 6.61 Å². The fraction of sp³-hybridized carbons (Fsp3) is 0.400. The first-order valence-corrected chi connectivity index (χ1v) is 7.20. The average Bonchev–Trinajstić information content (AvgIpc) is 3.20. The summed E-state index contributed by atoms with van der Waals surface area (Å²) in [6.45, 7) is 1.56. The highest BCUT2D eigenvalue weighted by molar-refractivity contribution is 6.30. The van der Waals surface area contributed by atoms with Crippen LogP contribution in [0.25, 0.3) is 11.3 Å². The molecule has 0 bridgehead atoms. The predicted octanol–water partition coefficient (Wildman–Crippen LogP) is 2.95. The van der Waals surface area contributed by atoms with E-state index in [0.717, 1.165) is 17.0 Å². The van der Waals surface area contributed by atoms with Crippen LogP contribution < -0.4 is 0 Å². The number of aliphatic hydroxyl groups excluding tert-OH is 1. The Labute approximate surface area is 122 Å². The number of nitrogens with zero attached hydrogens (tertiary/aromatic N) is 2. The topological polar surface area (TPSA) is 49.5 Å². The zero-order valence-corrected chi connectivity index (χ0v) is 11.9. The van der Waals surface area contributed by atoms with Crippen LogP contribution in [0.1, 0.15) is 18.6 Å². The molecule has 0 unspecified atom stereocenters. The molecule has 1 aliphatic carbocycles. The number of aromatic nitrogens is 1. The number of benzene rings is 1. The van der Waals surface area contributed by atoms with E-state index in [1.54, 1.807) is 0 Å². The van der Waals surface area contributed by atoms with Gasteiger partial charge in [0.1, 0.15) is 5.69 Å². The van der Waals surface area contributed by atoms with Crippen LogP contribution in [-0.2, 0) is 6.54 Å². The summed E-state index contributed by atoms with van der Waals surface area (Å²) >= 11 is 5.88. The Balaban J connectivity index is 1.71. The van der Waals surface area contributed by atoms with E-state index in [9.17, 15) is 0 Å². The van der Waals surface area contributed by atoms with Gasteiger partial charge in [0.15, 0.2) is 5.76 Å².